The molecular weight excluding hydrogens is 376 g/mol. The highest BCUT2D eigenvalue weighted by molar-refractivity contribution is 6.00. The van der Waals surface area contributed by atoms with Crippen LogP contribution in [0.4, 0.5) is 0 Å². The van der Waals surface area contributed by atoms with Crippen molar-refractivity contribution >= 4 is 17.7 Å². The summed E-state index contributed by atoms with van der Waals surface area (Å²) in [5, 5.41) is 12.2. The molecule has 0 amide bonds. The number of hydrogen-bond donors (Lipinski definition) is 1. The Bertz CT molecular complexity index is 861. The lowest BCUT2D eigenvalue weighted by molar-refractivity contribution is -0.268. The van der Waals surface area contributed by atoms with E-state index < -0.39 is 51.8 Å². The molecule has 1 aromatic rings. The molecule has 0 radical (unpaired) electrons. The van der Waals surface area contributed by atoms with Crippen LogP contribution in [-0.2, 0) is 30.3 Å². The van der Waals surface area contributed by atoms with Crippen LogP contribution in [0, 0.1) is 16.7 Å². The molecule has 0 aromatic carbocycles. The lowest BCUT2D eigenvalue weighted by atomic mass is 9.42. The second kappa shape index (κ2) is 6.17. The quantitative estimate of drug-likeness (QED) is 0.769. The highest BCUT2D eigenvalue weighted by atomic mass is 16.6. The number of hydrogen-bond acceptors (Lipinski definition) is 7. The Balaban J connectivity index is 1.86. The Morgan fingerprint density at radius 2 is 2.00 bits per heavy atom. The van der Waals surface area contributed by atoms with Crippen molar-refractivity contribution in [3.05, 3.63) is 24.2 Å². The first-order valence-corrected chi connectivity index (χ1v) is 10.2. The molecule has 2 heterocycles. The molecule has 6 atom stereocenters. The third-order valence-electron chi connectivity index (χ3n) is 7.93. The van der Waals surface area contributed by atoms with Gasteiger partial charge in [0, 0.05) is 18.3 Å². The van der Waals surface area contributed by atoms with Gasteiger partial charge in [0.2, 0.25) is 5.78 Å². The SMILES string of the molecule is CC(=O)O[C@@]1(C)C(=O)[C@@H]2OC(=O)[C@]3(C)CCC[C@@](C)([C@H]23)[C@]1(O)CCc1ccoc1. The Hall–Kier alpha value is -2.15. The van der Waals surface area contributed by atoms with E-state index in [1.165, 1.54) is 13.8 Å². The van der Waals surface area contributed by atoms with E-state index in [0.29, 0.717) is 25.7 Å². The van der Waals surface area contributed by atoms with Crippen molar-refractivity contribution in [1.82, 2.24) is 0 Å². The number of carbonyl (C=O) groups excluding carboxylic acids is 3. The molecule has 3 fully saturated rings. The van der Waals surface area contributed by atoms with Gasteiger partial charge in [0.1, 0.15) is 5.60 Å². The van der Waals surface area contributed by atoms with Crippen LogP contribution in [0.15, 0.2) is 23.0 Å². The van der Waals surface area contributed by atoms with Gasteiger partial charge in [-0.05, 0) is 51.2 Å². The van der Waals surface area contributed by atoms with E-state index in [1.807, 2.05) is 13.8 Å². The average Bonchev–Trinajstić information content (AvgIpc) is 3.24. The van der Waals surface area contributed by atoms with Gasteiger partial charge in [-0.3, -0.25) is 14.4 Å². The molecule has 29 heavy (non-hydrogen) atoms. The number of rotatable bonds is 4. The number of furan rings is 1. The van der Waals surface area contributed by atoms with Crippen molar-refractivity contribution < 1.29 is 33.4 Å². The summed E-state index contributed by atoms with van der Waals surface area (Å²) >= 11 is 0. The van der Waals surface area contributed by atoms with Crippen molar-refractivity contribution in [2.45, 2.75) is 77.1 Å². The summed E-state index contributed by atoms with van der Waals surface area (Å²) in [6.07, 6.45) is 4.68. The number of aryl methyl sites for hydroxylation is 1. The van der Waals surface area contributed by atoms with Crippen molar-refractivity contribution in [2.24, 2.45) is 16.7 Å². The van der Waals surface area contributed by atoms with Gasteiger partial charge in [-0.25, -0.2) is 0 Å². The molecule has 1 N–H and O–H groups in total. The average molecular weight is 404 g/mol. The molecule has 7 nitrogen and oxygen atoms in total. The lowest BCUT2D eigenvalue weighted by Gasteiger charge is -2.63. The molecule has 158 valence electrons. The molecule has 3 aliphatic rings. The molecule has 1 saturated heterocycles. The van der Waals surface area contributed by atoms with Gasteiger partial charge in [-0.2, -0.15) is 0 Å². The summed E-state index contributed by atoms with van der Waals surface area (Å²) in [6, 6.07) is 1.80. The fourth-order valence-electron chi connectivity index (χ4n) is 6.45. The van der Waals surface area contributed by atoms with E-state index in [1.54, 1.807) is 18.6 Å². The topological polar surface area (TPSA) is 103 Å². The van der Waals surface area contributed by atoms with Gasteiger partial charge in [0.25, 0.3) is 0 Å². The second-order valence-corrected chi connectivity index (χ2v) is 9.48. The number of ketones is 1. The van der Waals surface area contributed by atoms with Crippen LogP contribution in [0.3, 0.4) is 0 Å². The molecule has 0 spiro atoms. The molecule has 7 heteroatoms. The van der Waals surface area contributed by atoms with E-state index in [2.05, 4.69) is 0 Å². The van der Waals surface area contributed by atoms with E-state index >= 15 is 0 Å². The van der Waals surface area contributed by atoms with Crippen LogP contribution in [-0.4, -0.2) is 40.1 Å². The maximum Gasteiger partial charge on any atom is 0.312 e. The Morgan fingerprint density at radius 3 is 2.62 bits per heavy atom. The molecule has 2 aliphatic carbocycles. The van der Waals surface area contributed by atoms with Crippen LogP contribution in [0.5, 0.6) is 0 Å². The molecule has 1 aliphatic heterocycles. The maximum atomic E-state index is 13.6. The zero-order valence-electron chi connectivity index (χ0n) is 17.3. The summed E-state index contributed by atoms with van der Waals surface area (Å²) in [4.78, 5) is 38.3. The number of aliphatic hydroxyl groups is 1. The molecule has 2 saturated carbocycles. The normalized spacial score (nSPS) is 43.6. The maximum absolute atomic E-state index is 13.6. The predicted octanol–water partition coefficient (Wildman–Crippen LogP) is 2.59. The molecule has 1 aromatic heterocycles. The van der Waals surface area contributed by atoms with Crippen LogP contribution in [0.1, 0.15) is 58.9 Å². The smallest absolute Gasteiger partial charge is 0.312 e. The fraction of sp³-hybridized carbons (Fsp3) is 0.682. The number of carbonyl (C=O) groups is 3. The zero-order valence-corrected chi connectivity index (χ0v) is 17.3. The Kier molecular flexibility index (Phi) is 4.29. The molecular formula is C22H28O7. The molecule has 4 rings (SSSR count). The summed E-state index contributed by atoms with van der Waals surface area (Å²) < 4.78 is 16.3. The standard InChI is InChI=1S/C22H28O7/c1-13(23)29-21(4)17(24)15-16-19(2,18(25)28-15)8-5-9-20(16,3)22(21,26)10-6-14-7-11-27-12-14/h7,11-12,15-16,26H,5-6,8-10H2,1-4H3/t15-,16-,19-,20+,21+,22-/m1/s1. The van der Waals surface area contributed by atoms with Crippen molar-refractivity contribution in [3.8, 4) is 0 Å². The summed E-state index contributed by atoms with van der Waals surface area (Å²) in [7, 11) is 0. The van der Waals surface area contributed by atoms with Gasteiger partial charge < -0.3 is 19.0 Å². The first-order valence-electron chi connectivity index (χ1n) is 10.2. The predicted molar refractivity (Wildman–Crippen MR) is 101 cm³/mol. The Morgan fingerprint density at radius 1 is 1.28 bits per heavy atom. The first kappa shape index (κ1) is 20.1. The largest absolute Gasteiger partial charge is 0.472 e. The van der Waals surface area contributed by atoms with Crippen molar-refractivity contribution in [2.75, 3.05) is 0 Å². The van der Waals surface area contributed by atoms with Crippen LogP contribution in [0.25, 0.3) is 0 Å². The third-order valence-corrected chi connectivity index (χ3v) is 7.93. The van der Waals surface area contributed by atoms with E-state index in [4.69, 9.17) is 13.9 Å². The minimum atomic E-state index is -1.82. The monoisotopic (exact) mass is 404 g/mol. The summed E-state index contributed by atoms with van der Waals surface area (Å²) in [6.45, 7) is 6.42. The van der Waals surface area contributed by atoms with Crippen LogP contribution >= 0.6 is 0 Å². The second-order valence-electron chi connectivity index (χ2n) is 9.48. The minimum absolute atomic E-state index is 0.187. The fourth-order valence-corrected chi connectivity index (χ4v) is 6.45. The highest BCUT2D eigenvalue weighted by Gasteiger charge is 2.79. The van der Waals surface area contributed by atoms with Crippen LogP contribution in [0.2, 0.25) is 0 Å². The van der Waals surface area contributed by atoms with E-state index in [-0.39, 0.29) is 6.42 Å². The third kappa shape index (κ3) is 2.43. The van der Waals surface area contributed by atoms with Crippen LogP contribution < -0.4 is 0 Å². The number of ether oxygens (including phenoxy) is 2. The number of esters is 2. The molecule has 0 unspecified atom stereocenters. The van der Waals surface area contributed by atoms with Gasteiger partial charge >= 0.3 is 11.9 Å². The van der Waals surface area contributed by atoms with E-state index in [0.717, 1.165) is 5.56 Å². The van der Waals surface area contributed by atoms with Crippen molar-refractivity contribution in [1.29, 1.82) is 0 Å². The van der Waals surface area contributed by atoms with Gasteiger partial charge in [-0.15, -0.1) is 0 Å². The van der Waals surface area contributed by atoms with Crippen molar-refractivity contribution in [3.63, 3.8) is 0 Å². The minimum Gasteiger partial charge on any atom is -0.472 e. The Labute approximate surface area is 169 Å². The number of Topliss-reactive ketones (excluding diaryl/α,β-unsaturated/α-hetero) is 1. The van der Waals surface area contributed by atoms with Gasteiger partial charge in [-0.1, -0.05) is 13.3 Å². The highest BCUT2D eigenvalue weighted by Crippen LogP contribution is 2.67. The van der Waals surface area contributed by atoms with Gasteiger partial charge in [0.05, 0.1) is 17.9 Å². The lowest BCUT2D eigenvalue weighted by Crippen LogP contribution is -2.77. The van der Waals surface area contributed by atoms with Gasteiger partial charge in [0.15, 0.2) is 11.7 Å². The summed E-state index contributed by atoms with van der Waals surface area (Å²) in [5.41, 5.74) is -4.30. The molecule has 0 bridgehead atoms. The summed E-state index contributed by atoms with van der Waals surface area (Å²) in [5.74, 6) is -2.07. The zero-order chi connectivity index (χ0) is 21.2. The first-order chi connectivity index (χ1) is 13.5. The van der Waals surface area contributed by atoms with E-state index in [9.17, 15) is 19.5 Å².